The number of carbonyl (C=O) groups is 1. The number of thiophene rings is 1. The van der Waals surface area contributed by atoms with E-state index in [4.69, 9.17) is 0 Å². The van der Waals surface area contributed by atoms with Crippen LogP contribution in [0.5, 0.6) is 0 Å². The molecular weight excluding hydrogens is 328 g/mol. The normalized spacial score (nSPS) is 16.4. The fourth-order valence-corrected chi connectivity index (χ4v) is 3.88. The van der Waals surface area contributed by atoms with Gasteiger partial charge in [0.05, 0.1) is 4.88 Å². The van der Waals surface area contributed by atoms with Gasteiger partial charge in [-0.05, 0) is 49.6 Å². The molecule has 1 heterocycles. The third-order valence-corrected chi connectivity index (χ3v) is 5.78. The largest absolute Gasteiger partial charge is 0.348 e. The van der Waals surface area contributed by atoms with Crippen molar-refractivity contribution in [2.75, 3.05) is 0 Å². The van der Waals surface area contributed by atoms with Crippen molar-refractivity contribution in [1.82, 2.24) is 5.32 Å². The molecule has 1 aromatic carbocycles. The first-order valence-electron chi connectivity index (χ1n) is 9.45. The highest BCUT2D eigenvalue weighted by molar-refractivity contribution is 7.10. The molecule has 1 saturated carbocycles. The molecule has 2 atom stereocenters. The summed E-state index contributed by atoms with van der Waals surface area (Å²) in [7, 11) is 0. The van der Waals surface area contributed by atoms with Gasteiger partial charge in [0.25, 0.3) is 5.91 Å². The Hall–Kier alpha value is -1.65. The molecule has 0 aliphatic heterocycles. The van der Waals surface area contributed by atoms with E-state index in [-0.39, 0.29) is 18.0 Å². The van der Waals surface area contributed by atoms with Gasteiger partial charge in [-0.3, -0.25) is 4.79 Å². The minimum absolute atomic E-state index is 0.0903. The van der Waals surface area contributed by atoms with Gasteiger partial charge < -0.3 is 10.6 Å². The number of hydrogen-bond donors (Lipinski definition) is 2. The van der Waals surface area contributed by atoms with Crippen LogP contribution in [0.25, 0.3) is 0 Å². The third-order valence-electron chi connectivity index (χ3n) is 4.83. The first kappa shape index (κ1) is 18.2. The summed E-state index contributed by atoms with van der Waals surface area (Å²) in [6.45, 7) is 4.23. The Morgan fingerprint density at radius 3 is 2.64 bits per heavy atom. The summed E-state index contributed by atoms with van der Waals surface area (Å²) in [4.78, 5) is 13.7. The Morgan fingerprint density at radius 2 is 2.04 bits per heavy atom. The van der Waals surface area contributed by atoms with Crippen molar-refractivity contribution in [1.29, 1.82) is 0 Å². The zero-order valence-electron chi connectivity index (χ0n) is 15.2. The smallest absolute Gasteiger partial charge is 0.278 e. The number of benzene rings is 1. The Bertz CT molecular complexity index is 662. The van der Waals surface area contributed by atoms with Crippen LogP contribution in [0.4, 0.5) is 0 Å². The Kier molecular flexibility index (Phi) is 6.27. The number of unbranched alkanes of at least 4 members (excludes halogenated alkanes) is 1. The molecule has 0 unspecified atom stereocenters. The average Bonchev–Trinajstić information content (AvgIpc) is 3.27. The Balaban J connectivity index is 1.72. The van der Waals surface area contributed by atoms with Crippen LogP contribution >= 0.6 is 11.3 Å². The maximum atomic E-state index is 12.4. The van der Waals surface area contributed by atoms with Crippen LogP contribution in [0.1, 0.15) is 61.6 Å². The van der Waals surface area contributed by atoms with Gasteiger partial charge in [0.1, 0.15) is 6.04 Å². The SMILES string of the molecule is CCCCc1ccc([C@H]([NH2+][C@@H](C)C(=O)NC2CC2)c2cccs2)cc1. The standard InChI is InChI=1S/C21H28N2OS/c1-3-4-6-16-8-10-17(11-9-16)20(19-7-5-14-25-19)22-15(2)21(24)23-18-12-13-18/h5,7-11,14-15,18,20,22H,3-4,6,12-13H2,1-2H3,(H,23,24)/p+1/t15-,20-/m0/s1. The number of nitrogens with two attached hydrogens (primary N) is 1. The van der Waals surface area contributed by atoms with Gasteiger partial charge in [-0.1, -0.05) is 43.7 Å². The first-order chi connectivity index (χ1) is 12.2. The number of amides is 1. The van der Waals surface area contributed by atoms with Crippen molar-refractivity contribution in [3.05, 3.63) is 57.8 Å². The van der Waals surface area contributed by atoms with E-state index in [1.54, 1.807) is 11.3 Å². The van der Waals surface area contributed by atoms with Crippen molar-refractivity contribution in [2.45, 2.75) is 64.1 Å². The molecule has 1 aliphatic rings. The van der Waals surface area contributed by atoms with Crippen LogP contribution in [-0.2, 0) is 11.2 Å². The van der Waals surface area contributed by atoms with Gasteiger partial charge in [-0.2, -0.15) is 0 Å². The molecule has 2 aromatic rings. The lowest BCUT2D eigenvalue weighted by Crippen LogP contribution is -2.92. The maximum absolute atomic E-state index is 12.4. The van der Waals surface area contributed by atoms with E-state index in [9.17, 15) is 4.79 Å². The summed E-state index contributed by atoms with van der Waals surface area (Å²) in [5.74, 6) is 0.156. The summed E-state index contributed by atoms with van der Waals surface area (Å²) in [6.07, 6.45) is 5.86. The van der Waals surface area contributed by atoms with Gasteiger partial charge in [-0.25, -0.2) is 0 Å². The predicted octanol–water partition coefficient (Wildman–Crippen LogP) is 3.41. The van der Waals surface area contributed by atoms with Gasteiger partial charge in [0.15, 0.2) is 6.04 Å². The number of hydrogen-bond acceptors (Lipinski definition) is 2. The van der Waals surface area contributed by atoms with Crippen molar-refractivity contribution in [3.63, 3.8) is 0 Å². The summed E-state index contributed by atoms with van der Waals surface area (Å²) in [6, 6.07) is 13.7. The monoisotopic (exact) mass is 357 g/mol. The number of quaternary nitrogens is 1. The second-order valence-electron chi connectivity index (χ2n) is 7.10. The summed E-state index contributed by atoms with van der Waals surface area (Å²) < 4.78 is 0. The van der Waals surface area contributed by atoms with Crippen molar-refractivity contribution in [2.24, 2.45) is 0 Å². The molecule has 4 heteroatoms. The molecule has 3 nitrogen and oxygen atoms in total. The topological polar surface area (TPSA) is 45.7 Å². The van der Waals surface area contributed by atoms with Gasteiger partial charge in [0, 0.05) is 11.6 Å². The molecular formula is C21H29N2OS+. The third kappa shape index (κ3) is 5.16. The molecule has 3 N–H and O–H groups in total. The van der Waals surface area contributed by atoms with E-state index < -0.39 is 0 Å². The molecule has 25 heavy (non-hydrogen) atoms. The van der Waals surface area contributed by atoms with E-state index in [2.05, 4.69) is 59.3 Å². The predicted molar refractivity (Wildman–Crippen MR) is 104 cm³/mol. The maximum Gasteiger partial charge on any atom is 0.278 e. The molecule has 0 radical (unpaired) electrons. The fraction of sp³-hybridized carbons (Fsp3) is 0.476. The molecule has 3 rings (SSSR count). The minimum Gasteiger partial charge on any atom is -0.348 e. The minimum atomic E-state index is -0.0903. The van der Waals surface area contributed by atoms with Gasteiger partial charge in [0.2, 0.25) is 0 Å². The van der Waals surface area contributed by atoms with Crippen molar-refractivity contribution in [3.8, 4) is 0 Å². The van der Waals surface area contributed by atoms with Crippen LogP contribution in [0, 0.1) is 0 Å². The summed E-state index contributed by atoms with van der Waals surface area (Å²) in [5, 5.41) is 7.43. The quantitative estimate of drug-likeness (QED) is 0.710. The number of nitrogens with one attached hydrogen (secondary N) is 1. The van der Waals surface area contributed by atoms with E-state index in [1.807, 2.05) is 6.92 Å². The van der Waals surface area contributed by atoms with Crippen LogP contribution in [0.3, 0.4) is 0 Å². The highest BCUT2D eigenvalue weighted by Gasteiger charge is 2.30. The Labute approximate surface area is 154 Å². The second-order valence-corrected chi connectivity index (χ2v) is 8.08. The highest BCUT2D eigenvalue weighted by Crippen LogP contribution is 2.24. The Morgan fingerprint density at radius 1 is 1.28 bits per heavy atom. The van der Waals surface area contributed by atoms with Gasteiger partial charge in [-0.15, -0.1) is 11.3 Å². The molecule has 0 saturated heterocycles. The number of carbonyl (C=O) groups excluding carboxylic acids is 1. The first-order valence-corrected chi connectivity index (χ1v) is 10.3. The fourth-order valence-electron chi connectivity index (χ4n) is 3.05. The molecule has 0 spiro atoms. The van der Waals surface area contributed by atoms with Gasteiger partial charge >= 0.3 is 0 Å². The van der Waals surface area contributed by atoms with E-state index in [1.165, 1.54) is 28.8 Å². The molecule has 134 valence electrons. The van der Waals surface area contributed by atoms with Crippen LogP contribution in [0.15, 0.2) is 41.8 Å². The van der Waals surface area contributed by atoms with Crippen molar-refractivity contribution < 1.29 is 10.1 Å². The molecule has 1 aromatic heterocycles. The molecule has 1 fully saturated rings. The number of aryl methyl sites for hydroxylation is 1. The lowest BCUT2D eigenvalue weighted by molar-refractivity contribution is -0.704. The van der Waals surface area contributed by atoms with E-state index in [0.29, 0.717) is 6.04 Å². The molecule has 1 aliphatic carbocycles. The molecule has 1 amide bonds. The van der Waals surface area contributed by atoms with Crippen molar-refractivity contribution >= 4 is 17.2 Å². The van der Waals surface area contributed by atoms with Crippen LogP contribution < -0.4 is 10.6 Å². The lowest BCUT2D eigenvalue weighted by Gasteiger charge is -2.19. The average molecular weight is 358 g/mol. The summed E-state index contributed by atoms with van der Waals surface area (Å²) in [5.41, 5.74) is 2.67. The zero-order chi connectivity index (χ0) is 17.6. The zero-order valence-corrected chi connectivity index (χ0v) is 16.0. The van der Waals surface area contributed by atoms with Crippen LogP contribution in [0.2, 0.25) is 0 Å². The molecule has 0 bridgehead atoms. The number of rotatable bonds is 9. The highest BCUT2D eigenvalue weighted by atomic mass is 32.1. The lowest BCUT2D eigenvalue weighted by atomic mass is 10.0. The van der Waals surface area contributed by atoms with Crippen LogP contribution in [-0.4, -0.2) is 18.0 Å². The van der Waals surface area contributed by atoms with E-state index >= 15 is 0 Å². The summed E-state index contributed by atoms with van der Waals surface area (Å²) >= 11 is 1.76. The van der Waals surface area contributed by atoms with E-state index in [0.717, 1.165) is 19.3 Å². The second kappa shape index (κ2) is 8.63.